The van der Waals surface area contributed by atoms with Crippen LogP contribution in [0.5, 0.6) is 0 Å². The molecular weight excluding hydrogens is 316 g/mol. The summed E-state index contributed by atoms with van der Waals surface area (Å²) >= 11 is 0. The molecule has 0 rings (SSSR count). The van der Waals surface area contributed by atoms with Crippen LogP contribution in [0, 0.1) is 0 Å². The summed E-state index contributed by atoms with van der Waals surface area (Å²) in [6.07, 6.45) is 0. The lowest BCUT2D eigenvalue weighted by molar-refractivity contribution is -0.410. The highest BCUT2D eigenvalue weighted by molar-refractivity contribution is 7.82. The average Bonchev–Trinajstić information content (AvgIpc) is 1.70. The lowest BCUT2D eigenvalue weighted by Gasteiger charge is -2.11. The molecule has 0 saturated carbocycles. The Morgan fingerprint density at radius 1 is 0.647 bits per heavy atom. The molecule has 0 spiro atoms. The van der Waals surface area contributed by atoms with Crippen molar-refractivity contribution in [1.29, 1.82) is 0 Å². The Kier molecular flexibility index (Phi) is 6.58. The van der Waals surface area contributed by atoms with Crippen LogP contribution in [0.3, 0.4) is 0 Å². The Bertz CT molecular complexity index is 439. The minimum atomic E-state index is -5.44. The largest absolute Gasteiger partial charge is 0.417 e. The summed E-state index contributed by atoms with van der Waals surface area (Å²) < 4.78 is 93.0. The van der Waals surface area contributed by atoms with Crippen LogP contribution in [-0.2, 0) is 44.0 Å². The van der Waals surface area contributed by atoms with Crippen LogP contribution in [-0.4, -0.2) is 44.3 Å². The fourth-order valence-corrected chi connectivity index (χ4v) is 1.03. The highest BCUT2D eigenvalue weighted by Gasteiger charge is 2.27. The number of hydrogen-bond donors (Lipinski definition) is 4. The smallest absolute Gasteiger partial charge is 0.344 e. The molecule has 0 aliphatic rings. The van der Waals surface area contributed by atoms with Crippen LogP contribution >= 0.6 is 0 Å². The van der Waals surface area contributed by atoms with Crippen LogP contribution in [0.2, 0.25) is 0 Å². The Morgan fingerprint density at radius 3 is 0.941 bits per heavy atom. The quantitative estimate of drug-likeness (QED) is 0.296. The summed E-state index contributed by atoms with van der Waals surface area (Å²) in [5.74, 6) is 0. The van der Waals surface area contributed by atoms with Crippen LogP contribution in [0.15, 0.2) is 0 Å². The summed E-state index contributed by atoms with van der Waals surface area (Å²) in [5, 5.41) is -1.39. The molecule has 0 heterocycles. The molecule has 14 nitrogen and oxygen atoms in total. The van der Waals surface area contributed by atoms with E-state index in [-0.39, 0.29) is 6.15 Å². The minimum absolute atomic E-state index is 0. The zero-order valence-corrected chi connectivity index (χ0v) is 9.84. The zero-order valence-electron chi connectivity index (χ0n) is 7.39. The van der Waals surface area contributed by atoms with Gasteiger partial charge in [0.15, 0.2) is 0 Å². The molecule has 0 unspecified atom stereocenters. The maximum Gasteiger partial charge on any atom is 0.417 e. The molecule has 0 fully saturated rings. The van der Waals surface area contributed by atoms with Crippen LogP contribution in [0.25, 0.3) is 0 Å². The summed E-state index contributed by atoms with van der Waals surface area (Å²) in [6.45, 7) is 0. The van der Waals surface area contributed by atoms with Gasteiger partial charge in [0.25, 0.3) is 0 Å². The van der Waals surface area contributed by atoms with Crippen molar-refractivity contribution in [2.24, 2.45) is 0 Å². The molecule has 17 heavy (non-hydrogen) atoms. The molecule has 0 aliphatic carbocycles. The van der Waals surface area contributed by atoms with E-state index in [1.165, 1.54) is 0 Å². The van der Waals surface area contributed by atoms with Gasteiger partial charge in [-0.05, 0) is 0 Å². The molecule has 0 atom stereocenters. The van der Waals surface area contributed by atoms with Crippen LogP contribution < -0.4 is 6.15 Å². The van der Waals surface area contributed by atoms with Crippen molar-refractivity contribution in [2.75, 3.05) is 0 Å². The van der Waals surface area contributed by atoms with Gasteiger partial charge in [0.05, 0.1) is 0 Å². The van der Waals surface area contributed by atoms with Gasteiger partial charge in [0, 0.05) is 0 Å². The molecular formula is H6N2O12S3. The minimum Gasteiger partial charge on any atom is -0.344 e. The SMILES string of the molecule is N.O=S(=O)(O)ON(OS(=O)(=O)O)OS(=O)(=O)O. The second-order valence-electron chi connectivity index (χ2n) is 1.73. The maximum atomic E-state index is 9.99. The summed E-state index contributed by atoms with van der Waals surface area (Å²) in [5.41, 5.74) is 0. The molecule has 17 heteroatoms. The van der Waals surface area contributed by atoms with Crippen molar-refractivity contribution in [2.45, 2.75) is 0 Å². The van der Waals surface area contributed by atoms with E-state index in [9.17, 15) is 25.3 Å². The van der Waals surface area contributed by atoms with Gasteiger partial charge in [-0.1, -0.05) is 12.9 Å². The first-order chi connectivity index (χ1) is 6.79. The molecule has 0 aliphatic heterocycles. The van der Waals surface area contributed by atoms with E-state index in [2.05, 4.69) is 12.9 Å². The predicted molar refractivity (Wildman–Crippen MR) is 44.8 cm³/mol. The third kappa shape index (κ3) is 13.5. The van der Waals surface area contributed by atoms with Gasteiger partial charge >= 0.3 is 31.2 Å². The number of nitrogens with zero attached hydrogens (tertiary/aromatic N) is 1. The summed E-state index contributed by atoms with van der Waals surface area (Å²) in [6, 6.07) is 0. The van der Waals surface area contributed by atoms with Crippen LogP contribution in [0.4, 0.5) is 0 Å². The van der Waals surface area contributed by atoms with E-state index in [4.69, 9.17) is 13.7 Å². The highest BCUT2D eigenvalue weighted by atomic mass is 32.3. The lowest BCUT2D eigenvalue weighted by Crippen LogP contribution is -2.32. The van der Waals surface area contributed by atoms with E-state index in [0.29, 0.717) is 0 Å². The van der Waals surface area contributed by atoms with E-state index < -0.39 is 36.6 Å². The maximum absolute atomic E-state index is 9.99. The first-order valence-electron chi connectivity index (χ1n) is 2.60. The van der Waals surface area contributed by atoms with E-state index in [0.717, 1.165) is 0 Å². The first-order valence-corrected chi connectivity index (χ1v) is 6.69. The van der Waals surface area contributed by atoms with Gasteiger partial charge in [0.2, 0.25) is 0 Å². The Hall–Kier alpha value is -0.470. The van der Waals surface area contributed by atoms with Crippen molar-refractivity contribution in [3.8, 4) is 0 Å². The molecule has 6 N–H and O–H groups in total. The van der Waals surface area contributed by atoms with E-state index >= 15 is 0 Å². The summed E-state index contributed by atoms with van der Waals surface area (Å²) in [4.78, 5) is 0. The summed E-state index contributed by atoms with van der Waals surface area (Å²) in [7, 11) is -16.3. The molecule has 0 aromatic carbocycles. The molecule has 0 amide bonds. The van der Waals surface area contributed by atoms with Crippen molar-refractivity contribution < 1.29 is 51.8 Å². The highest BCUT2D eigenvalue weighted by Crippen LogP contribution is 2.05. The second kappa shape index (κ2) is 5.92. The average molecular weight is 322 g/mol. The molecule has 0 saturated heterocycles. The Morgan fingerprint density at radius 2 is 0.824 bits per heavy atom. The lowest BCUT2D eigenvalue weighted by atomic mass is 13.0. The molecule has 106 valence electrons. The number of hydrogen-bond acceptors (Lipinski definition) is 11. The van der Waals surface area contributed by atoms with Gasteiger partial charge in [-0.15, -0.1) is 0 Å². The predicted octanol–water partition coefficient (Wildman–Crippen LogP) is -2.35. The second-order valence-corrected chi connectivity index (χ2v) is 4.74. The molecule has 0 radical (unpaired) electrons. The van der Waals surface area contributed by atoms with Gasteiger partial charge in [-0.2, -0.15) is 25.3 Å². The van der Waals surface area contributed by atoms with E-state index in [1.807, 2.05) is 0 Å². The van der Waals surface area contributed by atoms with Crippen molar-refractivity contribution >= 4 is 31.2 Å². The van der Waals surface area contributed by atoms with Crippen molar-refractivity contribution in [1.82, 2.24) is 11.5 Å². The van der Waals surface area contributed by atoms with Gasteiger partial charge in [0.1, 0.15) is 5.39 Å². The number of rotatable bonds is 6. The molecule has 0 bridgehead atoms. The zero-order chi connectivity index (χ0) is 13.2. The fourth-order valence-electron chi connectivity index (χ4n) is 0.268. The van der Waals surface area contributed by atoms with Gasteiger partial charge in [-0.25, -0.2) is 0 Å². The topological polar surface area (TPSA) is 229 Å². The first kappa shape index (κ1) is 18.9. The third-order valence-corrected chi connectivity index (χ3v) is 1.40. The fraction of sp³-hybridized carbons (Fsp3) is 0. The van der Waals surface area contributed by atoms with Gasteiger partial charge in [-0.3, -0.25) is 13.7 Å². The Balaban J connectivity index is 0. The standard InChI is InChI=1S/H3NO12S3.H3N/c2-14(3,4)11-1(12-15(5,6)7)13-16(8,9)10;/h(H,2,3,4)(H,5,6,7)(H,8,9,10);1H3. The van der Waals surface area contributed by atoms with Crippen molar-refractivity contribution in [3.05, 3.63) is 0 Å². The monoisotopic (exact) mass is 322 g/mol. The van der Waals surface area contributed by atoms with Crippen molar-refractivity contribution in [3.63, 3.8) is 0 Å². The Labute approximate surface area is 95.0 Å². The molecule has 0 aromatic rings. The van der Waals surface area contributed by atoms with E-state index in [1.54, 1.807) is 0 Å². The van der Waals surface area contributed by atoms with Crippen LogP contribution in [0.1, 0.15) is 0 Å². The normalized spacial score (nSPS) is 13.4. The van der Waals surface area contributed by atoms with Gasteiger partial charge < -0.3 is 6.15 Å². The molecule has 0 aromatic heterocycles. The third-order valence-electron chi connectivity index (χ3n) is 0.465.